The van der Waals surface area contributed by atoms with Gasteiger partial charge in [0.15, 0.2) is 0 Å². The van der Waals surface area contributed by atoms with E-state index in [4.69, 9.17) is 14.7 Å². The minimum atomic E-state index is -1.80. The predicted octanol–water partition coefficient (Wildman–Crippen LogP) is 2.31. The van der Waals surface area contributed by atoms with Crippen molar-refractivity contribution in [1.82, 2.24) is 4.98 Å². The number of hydrogen-bond donors (Lipinski definition) is 2. The maximum Gasteiger partial charge on any atom is 0.707 e. The van der Waals surface area contributed by atoms with Gasteiger partial charge in [-0.15, -0.1) is 11.3 Å². The summed E-state index contributed by atoms with van der Waals surface area (Å²) < 4.78 is 5.90. The molecule has 94 valence electrons. The Kier molecular flexibility index (Phi) is 3.21. The largest absolute Gasteiger partial charge is 0.707 e. The number of thiazole rings is 1. The summed E-state index contributed by atoms with van der Waals surface area (Å²) in [6.07, 6.45) is 0. The molecule has 0 spiro atoms. The van der Waals surface area contributed by atoms with Gasteiger partial charge in [-0.2, -0.15) is 0 Å². The third-order valence-corrected chi connectivity index (χ3v) is 3.72. The van der Waals surface area contributed by atoms with Crippen LogP contribution in [0.3, 0.4) is 0 Å². The van der Waals surface area contributed by atoms with Crippen LogP contribution in [-0.4, -0.2) is 22.4 Å². The van der Waals surface area contributed by atoms with Crippen LogP contribution < -0.4 is 4.65 Å². The molecule has 2 aromatic carbocycles. The average Bonchev–Trinajstić information content (AvgIpc) is 2.82. The lowest BCUT2D eigenvalue weighted by molar-refractivity contribution is 0.288. The molecule has 3 aromatic rings. The van der Waals surface area contributed by atoms with Gasteiger partial charge in [0.05, 0.1) is 10.2 Å². The van der Waals surface area contributed by atoms with Crippen molar-refractivity contribution in [3.63, 3.8) is 0 Å². The highest BCUT2D eigenvalue weighted by molar-refractivity contribution is 7.21. The molecule has 0 fully saturated rings. The van der Waals surface area contributed by atoms with Gasteiger partial charge < -0.3 is 14.7 Å². The minimum absolute atomic E-state index is 0.403. The summed E-state index contributed by atoms with van der Waals surface area (Å²) in [5, 5.41) is 18.3. The number of aromatic nitrogens is 1. The number of nitrogens with zero attached hydrogens (tertiary/aromatic N) is 1. The zero-order chi connectivity index (χ0) is 13.2. The fourth-order valence-electron chi connectivity index (χ4n) is 1.79. The van der Waals surface area contributed by atoms with Gasteiger partial charge in [0.1, 0.15) is 10.8 Å². The second-order valence-corrected chi connectivity index (χ2v) is 4.99. The lowest BCUT2D eigenvalue weighted by Gasteiger charge is -2.04. The van der Waals surface area contributed by atoms with E-state index in [1.807, 2.05) is 36.4 Å². The monoisotopic (exact) mass is 271 g/mol. The lowest BCUT2D eigenvalue weighted by Crippen LogP contribution is -2.20. The first-order chi connectivity index (χ1) is 9.22. The van der Waals surface area contributed by atoms with Gasteiger partial charge in [-0.25, -0.2) is 4.98 Å². The lowest BCUT2D eigenvalue weighted by atomic mass is 10.2. The van der Waals surface area contributed by atoms with Crippen molar-refractivity contribution < 1.29 is 14.7 Å². The first-order valence-electron chi connectivity index (χ1n) is 5.71. The van der Waals surface area contributed by atoms with Crippen LogP contribution in [-0.2, 0) is 0 Å². The molecule has 0 radical (unpaired) electrons. The Balaban J connectivity index is 1.93. The van der Waals surface area contributed by atoms with Crippen molar-refractivity contribution in [2.24, 2.45) is 0 Å². The smallest absolute Gasteiger partial charge is 0.512 e. The van der Waals surface area contributed by atoms with Gasteiger partial charge in [0, 0.05) is 5.56 Å². The van der Waals surface area contributed by atoms with Gasteiger partial charge >= 0.3 is 7.32 Å². The quantitative estimate of drug-likeness (QED) is 0.717. The van der Waals surface area contributed by atoms with Crippen LogP contribution in [0.2, 0.25) is 0 Å². The highest BCUT2D eigenvalue weighted by Gasteiger charge is 2.11. The molecule has 0 aliphatic rings. The molecule has 0 saturated heterocycles. The Bertz CT molecular complexity index is 663. The maximum atomic E-state index is 8.71. The molecule has 4 nitrogen and oxygen atoms in total. The molecule has 0 amide bonds. The first-order valence-corrected chi connectivity index (χ1v) is 6.53. The number of rotatable bonds is 3. The summed E-state index contributed by atoms with van der Waals surface area (Å²) in [7, 11) is -1.80. The van der Waals surface area contributed by atoms with E-state index in [9.17, 15) is 0 Å². The molecule has 0 saturated carbocycles. The van der Waals surface area contributed by atoms with E-state index >= 15 is 0 Å². The molecule has 3 rings (SSSR count). The Hall–Kier alpha value is -1.89. The molecule has 0 bridgehead atoms. The van der Waals surface area contributed by atoms with E-state index in [-0.39, 0.29) is 0 Å². The zero-order valence-corrected chi connectivity index (χ0v) is 10.7. The van der Waals surface area contributed by atoms with E-state index in [0.29, 0.717) is 5.75 Å². The zero-order valence-electron chi connectivity index (χ0n) is 9.85. The summed E-state index contributed by atoms with van der Waals surface area (Å²) in [6.45, 7) is 0. The molecule has 6 heteroatoms. The molecule has 0 aliphatic heterocycles. The van der Waals surface area contributed by atoms with Gasteiger partial charge in [0.25, 0.3) is 0 Å². The van der Waals surface area contributed by atoms with Crippen LogP contribution >= 0.6 is 11.3 Å². The Morgan fingerprint density at radius 1 is 1.00 bits per heavy atom. The van der Waals surface area contributed by atoms with Crippen molar-refractivity contribution in [3.05, 3.63) is 48.5 Å². The summed E-state index contributed by atoms with van der Waals surface area (Å²) in [5.41, 5.74) is 1.95. The van der Waals surface area contributed by atoms with Gasteiger partial charge in [-0.3, -0.25) is 0 Å². The minimum Gasteiger partial charge on any atom is -0.512 e. The van der Waals surface area contributed by atoms with Crippen molar-refractivity contribution in [1.29, 1.82) is 0 Å². The topological polar surface area (TPSA) is 62.6 Å². The van der Waals surface area contributed by atoms with Crippen molar-refractivity contribution in [2.75, 3.05) is 0 Å². The van der Waals surface area contributed by atoms with E-state index in [1.54, 1.807) is 23.5 Å². The molecule has 1 heterocycles. The summed E-state index contributed by atoms with van der Waals surface area (Å²) in [5.74, 6) is 0.403. The number of hydrogen-bond acceptors (Lipinski definition) is 5. The van der Waals surface area contributed by atoms with Crippen molar-refractivity contribution in [3.8, 4) is 16.3 Å². The normalized spacial score (nSPS) is 10.6. The number of fused-ring (bicyclic) bond motifs is 1. The Morgan fingerprint density at radius 3 is 2.42 bits per heavy atom. The molecular weight excluding hydrogens is 261 g/mol. The highest BCUT2D eigenvalue weighted by Crippen LogP contribution is 2.30. The molecule has 2 N–H and O–H groups in total. The summed E-state index contributed by atoms with van der Waals surface area (Å²) in [4.78, 5) is 4.55. The third kappa shape index (κ3) is 2.60. The van der Waals surface area contributed by atoms with Crippen molar-refractivity contribution >= 4 is 28.9 Å². The van der Waals surface area contributed by atoms with Gasteiger partial charge in [0.2, 0.25) is 0 Å². The van der Waals surface area contributed by atoms with E-state index in [1.165, 1.54) is 0 Å². The highest BCUT2D eigenvalue weighted by atomic mass is 32.1. The SMILES string of the molecule is OB(O)Oc1ccc(-c2nc3ccccc3s2)cc1. The van der Waals surface area contributed by atoms with E-state index < -0.39 is 7.32 Å². The second-order valence-electron chi connectivity index (χ2n) is 3.96. The van der Waals surface area contributed by atoms with Crippen molar-refractivity contribution in [2.45, 2.75) is 0 Å². The molecule has 1 aromatic heterocycles. The van der Waals surface area contributed by atoms with E-state index in [2.05, 4.69) is 4.98 Å². The summed E-state index contributed by atoms with van der Waals surface area (Å²) >= 11 is 1.62. The molecular formula is C13H10BNO3S. The van der Waals surface area contributed by atoms with Gasteiger partial charge in [-0.1, -0.05) is 12.1 Å². The predicted molar refractivity (Wildman–Crippen MR) is 75.9 cm³/mol. The number of benzene rings is 2. The fourth-order valence-corrected chi connectivity index (χ4v) is 2.76. The van der Waals surface area contributed by atoms with Crippen LogP contribution in [0.25, 0.3) is 20.8 Å². The fraction of sp³-hybridized carbons (Fsp3) is 0. The molecule has 0 atom stereocenters. The van der Waals surface area contributed by atoms with Crippen LogP contribution in [0.1, 0.15) is 0 Å². The maximum absolute atomic E-state index is 8.71. The van der Waals surface area contributed by atoms with Crippen LogP contribution in [0.4, 0.5) is 0 Å². The molecule has 19 heavy (non-hydrogen) atoms. The second kappa shape index (κ2) is 5.01. The standard InChI is InChI=1S/C13H10BNO3S/c16-14(17)18-10-7-5-9(6-8-10)13-15-11-3-1-2-4-12(11)19-13/h1-8,16-17H. The summed E-state index contributed by atoms with van der Waals surface area (Å²) in [6, 6.07) is 15.0. The number of para-hydroxylation sites is 1. The Labute approximate surface area is 114 Å². The van der Waals surface area contributed by atoms with Crippen LogP contribution in [0.5, 0.6) is 5.75 Å². The molecule has 0 aliphatic carbocycles. The van der Waals surface area contributed by atoms with Gasteiger partial charge in [-0.05, 0) is 36.4 Å². The van der Waals surface area contributed by atoms with Crippen LogP contribution in [0.15, 0.2) is 48.5 Å². The first kappa shape index (κ1) is 12.2. The molecule has 0 unspecified atom stereocenters. The Morgan fingerprint density at radius 2 is 1.74 bits per heavy atom. The van der Waals surface area contributed by atoms with E-state index in [0.717, 1.165) is 20.8 Å². The third-order valence-electron chi connectivity index (χ3n) is 2.64. The van der Waals surface area contributed by atoms with Crippen LogP contribution in [0, 0.1) is 0 Å². The average molecular weight is 271 g/mol.